The molecule has 0 unspecified atom stereocenters. The fourth-order valence-corrected chi connectivity index (χ4v) is 2.46. The van der Waals surface area contributed by atoms with E-state index in [-0.39, 0.29) is 5.69 Å². The number of nitrogens with zero attached hydrogens (tertiary/aromatic N) is 2. The Balaban J connectivity index is 1.80. The van der Waals surface area contributed by atoms with Gasteiger partial charge < -0.3 is 10.6 Å². The Bertz CT molecular complexity index is 876. The first-order valence-corrected chi connectivity index (χ1v) is 7.88. The molecule has 4 nitrogen and oxygen atoms in total. The third-order valence-corrected chi connectivity index (χ3v) is 3.77. The van der Waals surface area contributed by atoms with Crippen molar-refractivity contribution >= 4 is 17.3 Å². The molecule has 6 heteroatoms. The maximum Gasteiger partial charge on any atom is 0.149 e. The third kappa shape index (κ3) is 4.09. The number of anilines is 3. The van der Waals surface area contributed by atoms with E-state index in [0.29, 0.717) is 24.0 Å². The molecule has 0 atom stereocenters. The Morgan fingerprint density at radius 2 is 1.56 bits per heavy atom. The minimum absolute atomic E-state index is 0.231. The lowest BCUT2D eigenvalue weighted by molar-refractivity contribution is 0.590. The molecule has 0 aliphatic rings. The Morgan fingerprint density at radius 1 is 0.880 bits per heavy atom. The van der Waals surface area contributed by atoms with Crippen molar-refractivity contribution in [2.45, 2.75) is 20.4 Å². The van der Waals surface area contributed by atoms with Crippen molar-refractivity contribution in [2.75, 3.05) is 10.6 Å². The van der Waals surface area contributed by atoms with Gasteiger partial charge in [0.1, 0.15) is 34.8 Å². The van der Waals surface area contributed by atoms with Crippen molar-refractivity contribution in [3.63, 3.8) is 0 Å². The number of nitrogens with one attached hydrogen (secondary N) is 2. The average molecular weight is 340 g/mol. The summed E-state index contributed by atoms with van der Waals surface area (Å²) in [7, 11) is 0. The molecule has 2 N–H and O–H groups in total. The summed E-state index contributed by atoms with van der Waals surface area (Å²) < 4.78 is 27.6. The third-order valence-electron chi connectivity index (χ3n) is 3.77. The van der Waals surface area contributed by atoms with Gasteiger partial charge in [-0.25, -0.2) is 18.7 Å². The van der Waals surface area contributed by atoms with Gasteiger partial charge >= 0.3 is 0 Å². The average Bonchev–Trinajstić information content (AvgIpc) is 2.57. The van der Waals surface area contributed by atoms with Crippen LogP contribution in [0.15, 0.2) is 48.5 Å². The summed E-state index contributed by atoms with van der Waals surface area (Å²) in [4.78, 5) is 8.50. The topological polar surface area (TPSA) is 49.8 Å². The summed E-state index contributed by atoms with van der Waals surface area (Å²) in [6.45, 7) is 4.36. The predicted molar refractivity (Wildman–Crippen MR) is 94.9 cm³/mol. The molecule has 1 aromatic heterocycles. The van der Waals surface area contributed by atoms with Crippen LogP contribution < -0.4 is 10.6 Å². The number of aryl methyl sites for hydroxylation is 2. The maximum absolute atomic E-state index is 13.8. The van der Waals surface area contributed by atoms with Crippen LogP contribution in [0.2, 0.25) is 0 Å². The van der Waals surface area contributed by atoms with Gasteiger partial charge in [-0.05, 0) is 37.1 Å². The van der Waals surface area contributed by atoms with Crippen LogP contribution in [0, 0.1) is 25.5 Å². The van der Waals surface area contributed by atoms with Gasteiger partial charge in [0, 0.05) is 12.6 Å². The summed E-state index contributed by atoms with van der Waals surface area (Å²) >= 11 is 0. The molecule has 0 radical (unpaired) electrons. The highest BCUT2D eigenvalue weighted by Gasteiger charge is 2.10. The number of halogens is 2. The first kappa shape index (κ1) is 16.8. The molecular weight excluding hydrogens is 322 g/mol. The second kappa shape index (κ2) is 7.25. The Kier molecular flexibility index (Phi) is 4.88. The van der Waals surface area contributed by atoms with Crippen molar-refractivity contribution in [1.29, 1.82) is 0 Å². The quantitative estimate of drug-likeness (QED) is 0.705. The molecule has 0 fully saturated rings. The van der Waals surface area contributed by atoms with E-state index in [9.17, 15) is 8.78 Å². The van der Waals surface area contributed by atoms with Crippen molar-refractivity contribution in [3.05, 3.63) is 77.1 Å². The monoisotopic (exact) mass is 340 g/mol. The maximum atomic E-state index is 13.8. The smallest absolute Gasteiger partial charge is 0.149 e. The van der Waals surface area contributed by atoms with Gasteiger partial charge in [0.15, 0.2) is 0 Å². The van der Waals surface area contributed by atoms with Crippen LogP contribution in [0.3, 0.4) is 0 Å². The van der Waals surface area contributed by atoms with Crippen molar-refractivity contribution in [2.24, 2.45) is 0 Å². The van der Waals surface area contributed by atoms with E-state index >= 15 is 0 Å². The standard InChI is InChI=1S/C19H18F2N4/c1-12-6-3-4-7-14(12)11-22-17-10-18(24-13(2)23-17)25-19-15(20)8-5-9-16(19)21/h3-10H,11H2,1-2H3,(H2,22,23,24,25). The van der Waals surface area contributed by atoms with Gasteiger partial charge in [0.25, 0.3) is 0 Å². The predicted octanol–water partition coefficient (Wildman–Crippen LogP) is 4.73. The van der Waals surface area contributed by atoms with E-state index in [1.165, 1.54) is 23.8 Å². The van der Waals surface area contributed by atoms with Crippen LogP contribution in [-0.2, 0) is 6.54 Å². The molecular formula is C19H18F2N4. The van der Waals surface area contributed by atoms with Crippen LogP contribution >= 0.6 is 0 Å². The van der Waals surface area contributed by atoms with Gasteiger partial charge in [-0.1, -0.05) is 30.3 Å². The summed E-state index contributed by atoms with van der Waals surface area (Å²) in [5, 5.41) is 5.91. The molecule has 0 saturated carbocycles. The number of benzene rings is 2. The molecule has 0 aliphatic heterocycles. The highest BCUT2D eigenvalue weighted by Crippen LogP contribution is 2.23. The first-order chi connectivity index (χ1) is 12.0. The van der Waals surface area contributed by atoms with E-state index in [2.05, 4.69) is 20.6 Å². The van der Waals surface area contributed by atoms with Gasteiger partial charge in [0.05, 0.1) is 0 Å². The van der Waals surface area contributed by atoms with Crippen LogP contribution in [-0.4, -0.2) is 9.97 Å². The van der Waals surface area contributed by atoms with Gasteiger partial charge in [-0.3, -0.25) is 0 Å². The van der Waals surface area contributed by atoms with E-state index in [1.807, 2.05) is 31.2 Å². The highest BCUT2D eigenvalue weighted by atomic mass is 19.1. The zero-order chi connectivity index (χ0) is 17.8. The molecule has 0 aliphatic carbocycles. The van der Waals surface area contributed by atoms with Crippen LogP contribution in [0.25, 0.3) is 0 Å². The van der Waals surface area contributed by atoms with Gasteiger partial charge in [-0.2, -0.15) is 0 Å². The Morgan fingerprint density at radius 3 is 2.28 bits per heavy atom. The molecule has 3 aromatic rings. The van der Waals surface area contributed by atoms with Crippen molar-refractivity contribution in [3.8, 4) is 0 Å². The normalized spacial score (nSPS) is 10.6. The molecule has 0 amide bonds. The zero-order valence-corrected chi connectivity index (χ0v) is 14.0. The largest absolute Gasteiger partial charge is 0.366 e. The Labute approximate surface area is 145 Å². The fraction of sp³-hybridized carbons (Fsp3) is 0.158. The minimum Gasteiger partial charge on any atom is -0.366 e. The van der Waals surface area contributed by atoms with Crippen molar-refractivity contribution < 1.29 is 8.78 Å². The van der Waals surface area contributed by atoms with E-state index in [1.54, 1.807) is 13.0 Å². The van der Waals surface area contributed by atoms with Gasteiger partial charge in [-0.15, -0.1) is 0 Å². The number of para-hydroxylation sites is 1. The summed E-state index contributed by atoms with van der Waals surface area (Å²) in [5.74, 6) is 0.0455. The van der Waals surface area contributed by atoms with Gasteiger partial charge in [0.2, 0.25) is 0 Å². The SMILES string of the molecule is Cc1nc(NCc2ccccc2C)cc(Nc2c(F)cccc2F)n1. The van der Waals surface area contributed by atoms with Crippen LogP contribution in [0.1, 0.15) is 17.0 Å². The molecule has 0 saturated heterocycles. The second-order valence-corrected chi connectivity index (χ2v) is 5.69. The summed E-state index contributed by atoms with van der Waals surface area (Å²) in [6, 6.07) is 13.4. The lowest BCUT2D eigenvalue weighted by Gasteiger charge is -2.12. The lowest BCUT2D eigenvalue weighted by atomic mass is 10.1. The second-order valence-electron chi connectivity index (χ2n) is 5.69. The molecule has 2 aromatic carbocycles. The number of hydrogen-bond acceptors (Lipinski definition) is 4. The minimum atomic E-state index is -0.675. The molecule has 128 valence electrons. The molecule has 1 heterocycles. The first-order valence-electron chi connectivity index (χ1n) is 7.88. The molecule has 0 spiro atoms. The van der Waals surface area contributed by atoms with E-state index in [4.69, 9.17) is 0 Å². The van der Waals surface area contributed by atoms with E-state index in [0.717, 1.165) is 5.56 Å². The lowest BCUT2D eigenvalue weighted by Crippen LogP contribution is -2.07. The number of hydrogen-bond donors (Lipinski definition) is 2. The Hall–Kier alpha value is -3.02. The molecule has 0 bridgehead atoms. The zero-order valence-electron chi connectivity index (χ0n) is 14.0. The fourth-order valence-electron chi connectivity index (χ4n) is 2.46. The van der Waals surface area contributed by atoms with Crippen molar-refractivity contribution in [1.82, 2.24) is 9.97 Å². The molecule has 25 heavy (non-hydrogen) atoms. The number of rotatable bonds is 5. The summed E-state index contributed by atoms with van der Waals surface area (Å²) in [6.07, 6.45) is 0. The number of aromatic nitrogens is 2. The van der Waals surface area contributed by atoms with E-state index < -0.39 is 11.6 Å². The summed E-state index contributed by atoms with van der Waals surface area (Å²) in [5.41, 5.74) is 2.09. The van der Waals surface area contributed by atoms with Crippen LogP contribution in [0.4, 0.5) is 26.1 Å². The highest BCUT2D eigenvalue weighted by molar-refractivity contribution is 5.60. The molecule has 3 rings (SSSR count). The van der Waals surface area contributed by atoms with Crippen LogP contribution in [0.5, 0.6) is 0 Å².